The summed E-state index contributed by atoms with van der Waals surface area (Å²) in [5, 5.41) is 11.8. The molecule has 2 rings (SSSR count). The first-order valence-electron chi connectivity index (χ1n) is 5.42. The summed E-state index contributed by atoms with van der Waals surface area (Å²) in [6, 6.07) is 6.19. The van der Waals surface area contributed by atoms with Crippen molar-refractivity contribution in [3.8, 4) is 6.07 Å². The normalized spacial score (nSPS) is 19.6. The van der Waals surface area contributed by atoms with Gasteiger partial charge in [-0.15, -0.1) is 0 Å². The molecule has 1 atom stereocenters. The Bertz CT molecular complexity index is 425. The van der Waals surface area contributed by atoms with Gasteiger partial charge in [-0.2, -0.15) is 5.26 Å². The number of rotatable bonds is 3. The molecule has 4 nitrogen and oxygen atoms in total. The monoisotopic (exact) mass is 236 g/mol. The Labute approximate surface area is 99.0 Å². The third kappa shape index (κ3) is 3.16. The fourth-order valence-electron chi connectivity index (χ4n) is 1.61. The van der Waals surface area contributed by atoms with Crippen molar-refractivity contribution >= 4 is 5.69 Å². The molecule has 1 aromatic rings. The zero-order chi connectivity index (χ0) is 12.1. The van der Waals surface area contributed by atoms with Gasteiger partial charge in [0, 0.05) is 12.2 Å². The van der Waals surface area contributed by atoms with Crippen LogP contribution in [0.3, 0.4) is 0 Å². The van der Waals surface area contributed by atoms with Crippen LogP contribution >= 0.6 is 0 Å². The first kappa shape index (κ1) is 11.8. The van der Waals surface area contributed by atoms with Crippen LogP contribution in [-0.4, -0.2) is 26.0 Å². The van der Waals surface area contributed by atoms with Gasteiger partial charge in [-0.3, -0.25) is 0 Å². The van der Waals surface area contributed by atoms with Crippen molar-refractivity contribution in [3.05, 3.63) is 29.6 Å². The lowest BCUT2D eigenvalue weighted by Crippen LogP contribution is -2.30. The first-order chi connectivity index (χ1) is 8.29. The SMILES string of the molecule is N#Cc1cc(NCC2CCOCO2)ccc1F. The van der Waals surface area contributed by atoms with Crippen LogP contribution in [0.1, 0.15) is 12.0 Å². The van der Waals surface area contributed by atoms with Crippen LogP contribution in [0, 0.1) is 17.1 Å². The van der Waals surface area contributed by atoms with Crippen molar-refractivity contribution in [2.24, 2.45) is 0 Å². The maximum atomic E-state index is 13.1. The second kappa shape index (κ2) is 5.62. The molecule has 0 radical (unpaired) electrons. The lowest BCUT2D eigenvalue weighted by molar-refractivity contribution is -0.133. The second-order valence-electron chi connectivity index (χ2n) is 3.79. The molecular weight excluding hydrogens is 223 g/mol. The zero-order valence-corrected chi connectivity index (χ0v) is 9.28. The second-order valence-corrected chi connectivity index (χ2v) is 3.79. The maximum Gasteiger partial charge on any atom is 0.147 e. The number of hydrogen-bond donors (Lipinski definition) is 1. The minimum absolute atomic E-state index is 0.0443. The van der Waals surface area contributed by atoms with Gasteiger partial charge in [0.25, 0.3) is 0 Å². The Morgan fingerprint density at radius 1 is 1.53 bits per heavy atom. The molecule has 0 bridgehead atoms. The van der Waals surface area contributed by atoms with Crippen LogP contribution in [0.5, 0.6) is 0 Å². The molecule has 90 valence electrons. The minimum atomic E-state index is -0.500. The molecule has 1 aliphatic rings. The first-order valence-corrected chi connectivity index (χ1v) is 5.42. The van der Waals surface area contributed by atoms with Crippen molar-refractivity contribution in [1.29, 1.82) is 5.26 Å². The molecule has 17 heavy (non-hydrogen) atoms. The Balaban J connectivity index is 1.92. The van der Waals surface area contributed by atoms with Gasteiger partial charge in [0.05, 0.1) is 18.3 Å². The summed E-state index contributed by atoms with van der Waals surface area (Å²) in [6.45, 7) is 1.64. The molecule has 1 N–H and O–H groups in total. The quantitative estimate of drug-likeness (QED) is 0.870. The molecular formula is C12H13FN2O2. The summed E-state index contributed by atoms with van der Waals surface area (Å²) in [4.78, 5) is 0. The van der Waals surface area contributed by atoms with E-state index in [1.54, 1.807) is 6.07 Å². The molecule has 0 aliphatic carbocycles. The van der Waals surface area contributed by atoms with E-state index in [0.29, 0.717) is 19.9 Å². The Morgan fingerprint density at radius 2 is 2.41 bits per heavy atom. The summed E-state index contributed by atoms with van der Waals surface area (Å²) >= 11 is 0. The number of halogens is 1. The number of ether oxygens (including phenoxy) is 2. The predicted molar refractivity (Wildman–Crippen MR) is 59.9 cm³/mol. The maximum absolute atomic E-state index is 13.1. The fraction of sp³-hybridized carbons (Fsp3) is 0.417. The Hall–Kier alpha value is -1.64. The summed E-state index contributed by atoms with van der Waals surface area (Å²) in [7, 11) is 0. The van der Waals surface area contributed by atoms with Gasteiger partial charge in [0.15, 0.2) is 0 Å². The number of anilines is 1. The van der Waals surface area contributed by atoms with Gasteiger partial charge in [-0.25, -0.2) is 4.39 Å². The van der Waals surface area contributed by atoms with Crippen LogP contribution in [-0.2, 0) is 9.47 Å². The molecule has 1 aromatic carbocycles. The molecule has 1 fully saturated rings. The lowest BCUT2D eigenvalue weighted by atomic mass is 10.2. The van der Waals surface area contributed by atoms with Crippen LogP contribution < -0.4 is 5.32 Å². The van der Waals surface area contributed by atoms with Crippen molar-refractivity contribution in [2.45, 2.75) is 12.5 Å². The van der Waals surface area contributed by atoms with Crippen LogP contribution in [0.4, 0.5) is 10.1 Å². The van der Waals surface area contributed by atoms with E-state index in [2.05, 4.69) is 5.32 Å². The molecule has 0 spiro atoms. The van der Waals surface area contributed by atoms with E-state index in [4.69, 9.17) is 14.7 Å². The van der Waals surface area contributed by atoms with Crippen molar-refractivity contribution < 1.29 is 13.9 Å². The molecule has 1 saturated heterocycles. The number of nitriles is 1. The molecule has 0 amide bonds. The molecule has 1 unspecified atom stereocenters. The predicted octanol–water partition coefficient (Wildman–Crippen LogP) is 1.87. The van der Waals surface area contributed by atoms with Gasteiger partial charge < -0.3 is 14.8 Å². The molecule has 1 aliphatic heterocycles. The smallest absolute Gasteiger partial charge is 0.147 e. The number of nitrogens with zero attached hydrogens (tertiary/aromatic N) is 1. The fourth-order valence-corrected chi connectivity index (χ4v) is 1.61. The number of benzene rings is 1. The summed E-state index contributed by atoms with van der Waals surface area (Å²) in [5.74, 6) is -0.500. The summed E-state index contributed by atoms with van der Waals surface area (Å²) < 4.78 is 23.5. The largest absolute Gasteiger partial charge is 0.382 e. The molecule has 0 aromatic heterocycles. The van der Waals surface area contributed by atoms with Gasteiger partial charge in [-0.1, -0.05) is 0 Å². The van der Waals surface area contributed by atoms with E-state index >= 15 is 0 Å². The number of hydrogen-bond acceptors (Lipinski definition) is 4. The van der Waals surface area contributed by atoms with Crippen molar-refractivity contribution in [3.63, 3.8) is 0 Å². The van der Waals surface area contributed by atoms with Gasteiger partial charge >= 0.3 is 0 Å². The Morgan fingerprint density at radius 3 is 3.12 bits per heavy atom. The van der Waals surface area contributed by atoms with Crippen LogP contribution in [0.25, 0.3) is 0 Å². The highest BCUT2D eigenvalue weighted by Gasteiger charge is 2.13. The van der Waals surface area contributed by atoms with E-state index in [-0.39, 0.29) is 11.7 Å². The topological polar surface area (TPSA) is 54.3 Å². The molecule has 5 heteroatoms. The highest BCUT2D eigenvalue weighted by molar-refractivity contribution is 5.49. The van der Waals surface area contributed by atoms with E-state index < -0.39 is 5.82 Å². The third-order valence-corrected chi connectivity index (χ3v) is 2.59. The summed E-state index contributed by atoms with van der Waals surface area (Å²) in [5.41, 5.74) is 0.765. The van der Waals surface area contributed by atoms with Crippen LogP contribution in [0.2, 0.25) is 0 Å². The van der Waals surface area contributed by atoms with Crippen molar-refractivity contribution in [1.82, 2.24) is 0 Å². The average Bonchev–Trinajstić information content (AvgIpc) is 2.39. The third-order valence-electron chi connectivity index (χ3n) is 2.59. The van der Waals surface area contributed by atoms with Gasteiger partial charge in [0.1, 0.15) is 18.7 Å². The average molecular weight is 236 g/mol. The zero-order valence-electron chi connectivity index (χ0n) is 9.28. The van der Waals surface area contributed by atoms with E-state index in [1.807, 2.05) is 6.07 Å². The van der Waals surface area contributed by atoms with E-state index in [1.165, 1.54) is 12.1 Å². The standard InChI is InChI=1S/C12H13FN2O2/c13-12-2-1-10(5-9(12)6-14)15-7-11-3-4-16-8-17-11/h1-2,5,11,15H,3-4,7-8H2. The van der Waals surface area contributed by atoms with Crippen LogP contribution in [0.15, 0.2) is 18.2 Å². The van der Waals surface area contributed by atoms with Gasteiger partial charge in [0.2, 0.25) is 0 Å². The highest BCUT2D eigenvalue weighted by Crippen LogP contribution is 2.15. The number of nitrogens with one attached hydrogen (secondary N) is 1. The van der Waals surface area contributed by atoms with Gasteiger partial charge in [-0.05, 0) is 24.6 Å². The van der Waals surface area contributed by atoms with E-state index in [0.717, 1.165) is 12.1 Å². The van der Waals surface area contributed by atoms with E-state index in [9.17, 15) is 4.39 Å². The molecule has 0 saturated carbocycles. The molecule has 1 heterocycles. The Kier molecular flexibility index (Phi) is 3.91. The minimum Gasteiger partial charge on any atom is -0.382 e. The highest BCUT2D eigenvalue weighted by atomic mass is 19.1. The summed E-state index contributed by atoms with van der Waals surface area (Å²) in [6.07, 6.45) is 0.929. The van der Waals surface area contributed by atoms with Crippen molar-refractivity contribution in [2.75, 3.05) is 25.3 Å². The lowest BCUT2D eigenvalue weighted by Gasteiger charge is -2.23.